The van der Waals surface area contributed by atoms with Gasteiger partial charge in [0.15, 0.2) is 5.82 Å². The highest BCUT2D eigenvalue weighted by atomic mass is 79.9. The van der Waals surface area contributed by atoms with Crippen molar-refractivity contribution in [1.82, 2.24) is 9.97 Å². The van der Waals surface area contributed by atoms with Gasteiger partial charge in [0.25, 0.3) is 0 Å². The highest BCUT2D eigenvalue weighted by molar-refractivity contribution is 9.10. The third-order valence-electron chi connectivity index (χ3n) is 2.06. The van der Waals surface area contributed by atoms with Crippen LogP contribution in [0.15, 0.2) is 10.5 Å². The number of hydrogen-bond donors (Lipinski definition) is 2. The first-order valence-electron chi connectivity index (χ1n) is 4.29. The van der Waals surface area contributed by atoms with Crippen molar-refractivity contribution in [2.75, 3.05) is 0 Å². The minimum Gasteiger partial charge on any atom is -0.340 e. The van der Waals surface area contributed by atoms with Gasteiger partial charge in [0.05, 0.1) is 16.0 Å². The maximum Gasteiger partial charge on any atom is 0.168 e. The molecule has 0 radical (unpaired) electrons. The minimum absolute atomic E-state index is 0.0931. The molecule has 0 aliphatic heterocycles. The minimum atomic E-state index is -0.715. The van der Waals surface area contributed by atoms with Crippen molar-refractivity contribution in [2.24, 2.45) is 5.73 Å². The Labute approximate surface area is 92.8 Å². The van der Waals surface area contributed by atoms with E-state index in [9.17, 15) is 8.78 Å². The zero-order valence-corrected chi connectivity index (χ0v) is 9.40. The van der Waals surface area contributed by atoms with Crippen LogP contribution in [0.2, 0.25) is 0 Å². The molecule has 2 aromatic rings. The molecule has 0 aliphatic rings. The van der Waals surface area contributed by atoms with E-state index in [1.54, 1.807) is 6.92 Å². The van der Waals surface area contributed by atoms with E-state index in [1.165, 1.54) is 6.07 Å². The smallest absolute Gasteiger partial charge is 0.168 e. The van der Waals surface area contributed by atoms with Crippen LogP contribution in [0, 0.1) is 11.6 Å². The molecular weight excluding hydrogens is 268 g/mol. The van der Waals surface area contributed by atoms with Gasteiger partial charge in [0.2, 0.25) is 0 Å². The van der Waals surface area contributed by atoms with Gasteiger partial charge in [0.1, 0.15) is 17.2 Å². The molecule has 80 valence electrons. The van der Waals surface area contributed by atoms with Gasteiger partial charge in [-0.1, -0.05) is 0 Å². The molecule has 2 rings (SSSR count). The summed E-state index contributed by atoms with van der Waals surface area (Å²) in [5, 5.41) is 0. The first-order valence-corrected chi connectivity index (χ1v) is 5.08. The molecule has 6 heteroatoms. The van der Waals surface area contributed by atoms with Gasteiger partial charge in [-0.3, -0.25) is 0 Å². The van der Waals surface area contributed by atoms with Gasteiger partial charge in [-0.2, -0.15) is 0 Å². The largest absolute Gasteiger partial charge is 0.340 e. The number of H-pyrrole nitrogens is 1. The lowest BCUT2D eigenvalue weighted by atomic mass is 10.3. The number of fused-ring (bicyclic) bond motifs is 1. The summed E-state index contributed by atoms with van der Waals surface area (Å²) in [6.07, 6.45) is 0. The summed E-state index contributed by atoms with van der Waals surface area (Å²) < 4.78 is 26.5. The molecule has 1 heterocycles. The molecule has 1 atom stereocenters. The number of rotatable bonds is 1. The monoisotopic (exact) mass is 275 g/mol. The first-order chi connectivity index (χ1) is 7.00. The van der Waals surface area contributed by atoms with Crippen molar-refractivity contribution in [2.45, 2.75) is 13.0 Å². The molecule has 0 aliphatic carbocycles. The van der Waals surface area contributed by atoms with Crippen LogP contribution in [0.5, 0.6) is 0 Å². The number of nitrogens with zero attached hydrogens (tertiary/aromatic N) is 1. The lowest BCUT2D eigenvalue weighted by Crippen LogP contribution is -2.06. The predicted octanol–water partition coefficient (Wildman–Crippen LogP) is 2.62. The van der Waals surface area contributed by atoms with E-state index < -0.39 is 11.6 Å². The van der Waals surface area contributed by atoms with Crippen molar-refractivity contribution in [3.63, 3.8) is 0 Å². The number of nitrogens with two attached hydrogens (primary N) is 1. The fourth-order valence-electron chi connectivity index (χ4n) is 1.29. The predicted molar refractivity (Wildman–Crippen MR) is 56.3 cm³/mol. The van der Waals surface area contributed by atoms with E-state index in [2.05, 4.69) is 25.9 Å². The van der Waals surface area contributed by atoms with Crippen LogP contribution in [0.3, 0.4) is 0 Å². The molecule has 3 nitrogen and oxygen atoms in total. The Bertz CT molecular complexity index is 522. The van der Waals surface area contributed by atoms with E-state index in [0.29, 0.717) is 11.3 Å². The molecule has 1 aromatic carbocycles. The van der Waals surface area contributed by atoms with Gasteiger partial charge in [-0.05, 0) is 22.9 Å². The molecule has 0 bridgehead atoms. The van der Waals surface area contributed by atoms with Crippen LogP contribution >= 0.6 is 15.9 Å². The second-order valence-corrected chi connectivity index (χ2v) is 4.09. The van der Waals surface area contributed by atoms with Crippen molar-refractivity contribution >= 4 is 27.0 Å². The van der Waals surface area contributed by atoms with Crippen LogP contribution in [0.25, 0.3) is 11.0 Å². The van der Waals surface area contributed by atoms with Crippen molar-refractivity contribution in [3.8, 4) is 0 Å². The Hall–Kier alpha value is -1.01. The summed E-state index contributed by atoms with van der Waals surface area (Å²) >= 11 is 2.81. The van der Waals surface area contributed by atoms with E-state index in [-0.39, 0.29) is 16.0 Å². The van der Waals surface area contributed by atoms with Crippen molar-refractivity contribution in [1.29, 1.82) is 0 Å². The standard InChI is InChI=1S/C9H8BrF2N3/c1-3(13)9-14-5-2-4(11)6(10)7(12)8(5)15-9/h2-3H,13H2,1H3,(H,14,15). The fourth-order valence-corrected chi connectivity index (χ4v) is 1.59. The Morgan fingerprint density at radius 2 is 2.20 bits per heavy atom. The number of aromatic amines is 1. The summed E-state index contributed by atoms with van der Waals surface area (Å²) in [5.74, 6) is -0.950. The topological polar surface area (TPSA) is 54.7 Å². The maximum atomic E-state index is 13.5. The molecule has 15 heavy (non-hydrogen) atoms. The lowest BCUT2D eigenvalue weighted by molar-refractivity contribution is 0.579. The fraction of sp³-hybridized carbons (Fsp3) is 0.222. The van der Waals surface area contributed by atoms with E-state index in [4.69, 9.17) is 5.73 Å². The zero-order chi connectivity index (χ0) is 11.2. The number of halogens is 3. The molecule has 0 amide bonds. The van der Waals surface area contributed by atoms with Crippen LogP contribution < -0.4 is 5.73 Å². The number of benzene rings is 1. The number of aromatic nitrogens is 2. The average Bonchev–Trinajstić information content (AvgIpc) is 2.58. The van der Waals surface area contributed by atoms with Gasteiger partial charge >= 0.3 is 0 Å². The summed E-state index contributed by atoms with van der Waals surface area (Å²) in [5.41, 5.74) is 5.98. The molecule has 0 spiro atoms. The molecular formula is C9H8BrF2N3. The zero-order valence-electron chi connectivity index (χ0n) is 7.81. The van der Waals surface area contributed by atoms with E-state index in [1.807, 2.05) is 0 Å². The van der Waals surface area contributed by atoms with Crippen molar-refractivity contribution < 1.29 is 8.78 Å². The number of nitrogens with one attached hydrogen (secondary N) is 1. The normalized spacial score (nSPS) is 13.4. The van der Waals surface area contributed by atoms with E-state index in [0.717, 1.165) is 0 Å². The second kappa shape index (κ2) is 3.53. The summed E-state index contributed by atoms with van der Waals surface area (Å²) in [6.45, 7) is 1.71. The van der Waals surface area contributed by atoms with Crippen LogP contribution in [0.4, 0.5) is 8.78 Å². The Kier molecular flexibility index (Phi) is 2.47. The highest BCUT2D eigenvalue weighted by Crippen LogP contribution is 2.27. The summed E-state index contributed by atoms with van der Waals surface area (Å²) in [6, 6.07) is 0.833. The summed E-state index contributed by atoms with van der Waals surface area (Å²) in [4.78, 5) is 6.73. The van der Waals surface area contributed by atoms with Crippen LogP contribution in [-0.2, 0) is 0 Å². The second-order valence-electron chi connectivity index (χ2n) is 3.29. The third-order valence-corrected chi connectivity index (χ3v) is 2.79. The van der Waals surface area contributed by atoms with Gasteiger partial charge in [0, 0.05) is 6.07 Å². The molecule has 0 fully saturated rings. The van der Waals surface area contributed by atoms with Gasteiger partial charge in [-0.15, -0.1) is 0 Å². The number of imidazole rings is 1. The Balaban J connectivity index is 2.76. The Morgan fingerprint density at radius 1 is 1.53 bits per heavy atom. The SMILES string of the molecule is CC(N)c1nc2c(F)c(Br)c(F)cc2[nH]1. The van der Waals surface area contributed by atoms with Crippen molar-refractivity contribution in [3.05, 3.63) is 28.0 Å². The Morgan fingerprint density at radius 3 is 2.80 bits per heavy atom. The van der Waals surface area contributed by atoms with Gasteiger partial charge < -0.3 is 10.7 Å². The van der Waals surface area contributed by atoms with Gasteiger partial charge in [-0.25, -0.2) is 13.8 Å². The summed E-state index contributed by atoms with van der Waals surface area (Å²) in [7, 11) is 0. The van der Waals surface area contributed by atoms with Crippen LogP contribution in [0.1, 0.15) is 18.8 Å². The maximum absolute atomic E-state index is 13.5. The first kappa shape index (κ1) is 10.5. The molecule has 3 N–H and O–H groups in total. The quantitative estimate of drug-likeness (QED) is 0.787. The molecule has 1 aromatic heterocycles. The third kappa shape index (κ3) is 1.63. The molecule has 1 unspecified atom stereocenters. The molecule has 0 saturated carbocycles. The highest BCUT2D eigenvalue weighted by Gasteiger charge is 2.16. The van der Waals surface area contributed by atoms with Crippen LogP contribution in [-0.4, -0.2) is 9.97 Å². The molecule has 0 saturated heterocycles. The lowest BCUT2D eigenvalue weighted by Gasteiger charge is -1.96. The van der Waals surface area contributed by atoms with E-state index >= 15 is 0 Å². The average molecular weight is 276 g/mol. The number of hydrogen-bond acceptors (Lipinski definition) is 2.